The molecule has 0 bridgehead atoms. The highest BCUT2D eigenvalue weighted by Crippen LogP contribution is 2.27. The summed E-state index contributed by atoms with van der Waals surface area (Å²) in [5, 5.41) is 11.0. The molecule has 3 rings (SSSR count). The Hall–Kier alpha value is -2.17. The predicted molar refractivity (Wildman–Crippen MR) is 77.0 cm³/mol. The summed E-state index contributed by atoms with van der Waals surface area (Å²) in [5.74, 6) is 1.10. The topological polar surface area (TPSA) is 59.8 Å². The number of nitrogens with zero attached hydrogens (tertiary/aromatic N) is 3. The van der Waals surface area contributed by atoms with E-state index in [0.717, 1.165) is 42.8 Å². The number of hydrogen-bond acceptors (Lipinski definition) is 3. The summed E-state index contributed by atoms with van der Waals surface area (Å²) in [4.78, 5) is 12.1. The average Bonchev–Trinajstić information content (AvgIpc) is 3.10. The molecule has 0 spiro atoms. The summed E-state index contributed by atoms with van der Waals surface area (Å²) >= 11 is 0. The molecule has 5 nitrogen and oxygen atoms in total. The molecule has 5 heteroatoms. The van der Waals surface area contributed by atoms with E-state index in [1.165, 1.54) is 0 Å². The van der Waals surface area contributed by atoms with E-state index >= 15 is 0 Å². The molecular weight excluding hydrogens is 252 g/mol. The number of nitrogens with one attached hydrogen (secondary N) is 1. The van der Waals surface area contributed by atoms with Gasteiger partial charge in [0, 0.05) is 24.2 Å². The van der Waals surface area contributed by atoms with Crippen LogP contribution in [0.15, 0.2) is 30.6 Å². The third-order valence-corrected chi connectivity index (χ3v) is 3.83. The van der Waals surface area contributed by atoms with Crippen molar-refractivity contribution >= 4 is 11.6 Å². The fraction of sp³-hybridized carbons (Fsp3) is 0.400. The number of rotatable bonds is 3. The largest absolute Gasteiger partial charge is 0.326 e. The summed E-state index contributed by atoms with van der Waals surface area (Å²) < 4.78 is 1.86. The molecule has 1 aliphatic carbocycles. The molecule has 1 N–H and O–H groups in total. The summed E-state index contributed by atoms with van der Waals surface area (Å²) in [7, 11) is 1.90. The molecule has 0 saturated heterocycles. The van der Waals surface area contributed by atoms with Gasteiger partial charge in [-0.3, -0.25) is 4.79 Å². The van der Waals surface area contributed by atoms with Gasteiger partial charge in [-0.1, -0.05) is 25.0 Å². The Morgan fingerprint density at radius 2 is 2.15 bits per heavy atom. The second-order valence-electron chi connectivity index (χ2n) is 5.32. The van der Waals surface area contributed by atoms with Crippen molar-refractivity contribution in [2.45, 2.75) is 25.7 Å². The first-order valence-electron chi connectivity index (χ1n) is 6.99. The van der Waals surface area contributed by atoms with Crippen LogP contribution < -0.4 is 5.32 Å². The van der Waals surface area contributed by atoms with Crippen LogP contribution in [0.5, 0.6) is 0 Å². The lowest BCUT2D eigenvalue weighted by Crippen LogP contribution is -2.20. The number of aryl methyl sites for hydroxylation is 1. The molecule has 1 saturated carbocycles. The number of carbonyl (C=O) groups excluding carboxylic acids is 1. The fourth-order valence-electron chi connectivity index (χ4n) is 2.71. The zero-order valence-electron chi connectivity index (χ0n) is 11.5. The molecule has 0 unspecified atom stereocenters. The molecule has 0 atom stereocenters. The molecule has 0 radical (unpaired) electrons. The van der Waals surface area contributed by atoms with Crippen LogP contribution >= 0.6 is 0 Å². The first-order valence-corrected chi connectivity index (χ1v) is 6.99. The van der Waals surface area contributed by atoms with E-state index < -0.39 is 0 Å². The monoisotopic (exact) mass is 270 g/mol. The third-order valence-electron chi connectivity index (χ3n) is 3.83. The first kappa shape index (κ1) is 12.8. The van der Waals surface area contributed by atoms with Crippen molar-refractivity contribution in [1.29, 1.82) is 0 Å². The highest BCUT2D eigenvalue weighted by molar-refractivity contribution is 5.93. The van der Waals surface area contributed by atoms with Gasteiger partial charge >= 0.3 is 0 Å². The number of aromatic nitrogens is 3. The van der Waals surface area contributed by atoms with Gasteiger partial charge < -0.3 is 9.88 Å². The second-order valence-corrected chi connectivity index (χ2v) is 5.32. The van der Waals surface area contributed by atoms with Gasteiger partial charge in [0.2, 0.25) is 5.91 Å². The van der Waals surface area contributed by atoms with Gasteiger partial charge in [-0.2, -0.15) is 0 Å². The van der Waals surface area contributed by atoms with Crippen LogP contribution in [0, 0.1) is 5.92 Å². The van der Waals surface area contributed by atoms with Crippen LogP contribution in [-0.4, -0.2) is 20.7 Å². The molecule has 1 aliphatic rings. The van der Waals surface area contributed by atoms with Crippen LogP contribution in [0.25, 0.3) is 11.4 Å². The number of anilines is 1. The first-order chi connectivity index (χ1) is 9.74. The molecule has 1 fully saturated rings. The smallest absolute Gasteiger partial charge is 0.227 e. The summed E-state index contributed by atoms with van der Waals surface area (Å²) in [6.45, 7) is 0. The Labute approximate surface area is 118 Å². The standard InChI is InChI=1S/C15H18N4O/c1-19-10-16-18-14(19)12-7-4-8-13(9-12)17-15(20)11-5-2-3-6-11/h4,7-11H,2-3,5-6H2,1H3,(H,17,20). The van der Waals surface area contributed by atoms with E-state index in [9.17, 15) is 4.79 Å². The molecule has 20 heavy (non-hydrogen) atoms. The zero-order chi connectivity index (χ0) is 13.9. The van der Waals surface area contributed by atoms with Crippen LogP contribution in [0.1, 0.15) is 25.7 Å². The maximum absolute atomic E-state index is 12.1. The van der Waals surface area contributed by atoms with Gasteiger partial charge in [-0.15, -0.1) is 10.2 Å². The van der Waals surface area contributed by atoms with Gasteiger partial charge in [0.05, 0.1) is 0 Å². The zero-order valence-corrected chi connectivity index (χ0v) is 11.5. The molecule has 2 aromatic rings. The van der Waals surface area contributed by atoms with Crippen molar-refractivity contribution < 1.29 is 4.79 Å². The maximum Gasteiger partial charge on any atom is 0.227 e. The van der Waals surface area contributed by atoms with E-state index in [1.54, 1.807) is 6.33 Å². The van der Waals surface area contributed by atoms with Gasteiger partial charge in [0.25, 0.3) is 0 Å². The Balaban J connectivity index is 1.78. The number of amides is 1. The molecule has 1 heterocycles. The maximum atomic E-state index is 12.1. The highest BCUT2D eigenvalue weighted by atomic mass is 16.1. The van der Waals surface area contributed by atoms with Crippen molar-refractivity contribution in [2.24, 2.45) is 13.0 Å². The van der Waals surface area contributed by atoms with Gasteiger partial charge in [0.15, 0.2) is 5.82 Å². The fourth-order valence-corrected chi connectivity index (χ4v) is 2.71. The normalized spacial score (nSPS) is 15.4. The van der Waals surface area contributed by atoms with Crippen LogP contribution in [0.3, 0.4) is 0 Å². The highest BCUT2D eigenvalue weighted by Gasteiger charge is 2.22. The predicted octanol–water partition coefficient (Wildman–Crippen LogP) is 2.61. The minimum absolute atomic E-state index is 0.137. The number of carbonyl (C=O) groups is 1. The summed E-state index contributed by atoms with van der Waals surface area (Å²) in [6.07, 6.45) is 6.01. The van der Waals surface area contributed by atoms with Crippen molar-refractivity contribution in [2.75, 3.05) is 5.32 Å². The van der Waals surface area contributed by atoms with E-state index in [-0.39, 0.29) is 11.8 Å². The van der Waals surface area contributed by atoms with Crippen LogP contribution in [-0.2, 0) is 11.8 Å². The van der Waals surface area contributed by atoms with Crippen molar-refractivity contribution in [3.8, 4) is 11.4 Å². The Kier molecular flexibility index (Phi) is 3.50. The van der Waals surface area contributed by atoms with E-state index in [2.05, 4.69) is 15.5 Å². The number of benzene rings is 1. The van der Waals surface area contributed by atoms with Crippen LogP contribution in [0.2, 0.25) is 0 Å². The quantitative estimate of drug-likeness (QED) is 0.932. The molecule has 104 valence electrons. The number of hydrogen-bond donors (Lipinski definition) is 1. The summed E-state index contributed by atoms with van der Waals surface area (Å²) in [5.41, 5.74) is 1.77. The summed E-state index contributed by atoms with van der Waals surface area (Å²) in [6, 6.07) is 7.74. The average molecular weight is 270 g/mol. The van der Waals surface area contributed by atoms with Gasteiger partial charge in [-0.25, -0.2) is 0 Å². The van der Waals surface area contributed by atoms with Crippen molar-refractivity contribution in [3.05, 3.63) is 30.6 Å². The second kappa shape index (κ2) is 5.45. The SMILES string of the molecule is Cn1cnnc1-c1cccc(NC(=O)C2CCCC2)c1. The molecular formula is C15H18N4O. The van der Waals surface area contributed by atoms with Crippen molar-refractivity contribution in [3.63, 3.8) is 0 Å². The molecule has 1 aromatic heterocycles. The molecule has 1 amide bonds. The van der Waals surface area contributed by atoms with E-state index in [4.69, 9.17) is 0 Å². The lowest BCUT2D eigenvalue weighted by molar-refractivity contribution is -0.119. The van der Waals surface area contributed by atoms with Crippen LogP contribution in [0.4, 0.5) is 5.69 Å². The Morgan fingerprint density at radius 1 is 1.35 bits per heavy atom. The minimum Gasteiger partial charge on any atom is -0.326 e. The molecule has 0 aliphatic heterocycles. The van der Waals surface area contributed by atoms with Gasteiger partial charge in [-0.05, 0) is 25.0 Å². The van der Waals surface area contributed by atoms with Crippen molar-refractivity contribution in [1.82, 2.24) is 14.8 Å². The lowest BCUT2D eigenvalue weighted by atomic mass is 10.1. The third kappa shape index (κ3) is 2.57. The Bertz CT molecular complexity index is 614. The van der Waals surface area contributed by atoms with E-state index in [1.807, 2.05) is 35.9 Å². The lowest BCUT2D eigenvalue weighted by Gasteiger charge is -2.11. The van der Waals surface area contributed by atoms with Gasteiger partial charge in [0.1, 0.15) is 6.33 Å². The minimum atomic E-state index is 0.137. The Morgan fingerprint density at radius 3 is 2.85 bits per heavy atom. The van der Waals surface area contributed by atoms with E-state index in [0.29, 0.717) is 0 Å². The molecule has 1 aromatic carbocycles.